The molecule has 0 aliphatic heterocycles. The van der Waals surface area contributed by atoms with Gasteiger partial charge in [-0.15, -0.1) is 0 Å². The van der Waals surface area contributed by atoms with Crippen LogP contribution in [0.3, 0.4) is 0 Å². The van der Waals surface area contributed by atoms with E-state index in [1.165, 1.54) is 31.3 Å². The molecule has 30 heavy (non-hydrogen) atoms. The smallest absolute Gasteiger partial charge is 0.344 e. The SMILES string of the molecule is CC(C)[C@@H]1CC[C@H](C)C[C@H]1OC(=O)COC(=O)CN(C)S(=O)(=O)c1ccc(Cl)cc1. The Balaban J connectivity index is 1.86. The number of carbonyl (C=O) groups is 2. The Bertz CT molecular complexity index is 840. The zero-order valence-corrected chi connectivity index (χ0v) is 19.4. The van der Waals surface area contributed by atoms with E-state index in [9.17, 15) is 18.0 Å². The zero-order valence-electron chi connectivity index (χ0n) is 17.8. The first kappa shape index (κ1) is 24.6. The van der Waals surface area contributed by atoms with Gasteiger partial charge in [0.15, 0.2) is 6.61 Å². The normalized spacial score (nSPS) is 22.2. The molecule has 0 radical (unpaired) electrons. The van der Waals surface area contributed by atoms with Crippen molar-refractivity contribution < 1.29 is 27.5 Å². The summed E-state index contributed by atoms with van der Waals surface area (Å²) in [6.07, 6.45) is 2.72. The van der Waals surface area contributed by atoms with Crippen molar-refractivity contribution in [1.29, 1.82) is 0 Å². The predicted octanol–water partition coefficient (Wildman–Crippen LogP) is 3.51. The van der Waals surface area contributed by atoms with Crippen molar-refractivity contribution in [3.63, 3.8) is 0 Å². The molecule has 0 aromatic heterocycles. The topological polar surface area (TPSA) is 90.0 Å². The first-order valence-corrected chi connectivity index (χ1v) is 11.9. The molecule has 168 valence electrons. The summed E-state index contributed by atoms with van der Waals surface area (Å²) >= 11 is 5.77. The summed E-state index contributed by atoms with van der Waals surface area (Å²) in [5.41, 5.74) is 0. The second-order valence-corrected chi connectivity index (χ2v) is 10.7. The maximum Gasteiger partial charge on any atom is 0.344 e. The van der Waals surface area contributed by atoms with Crippen LogP contribution in [0.5, 0.6) is 0 Å². The molecular weight excluding hydrogens is 430 g/mol. The zero-order chi connectivity index (χ0) is 22.5. The molecule has 0 N–H and O–H groups in total. The summed E-state index contributed by atoms with van der Waals surface area (Å²) in [5, 5.41) is 0.404. The summed E-state index contributed by atoms with van der Waals surface area (Å²) < 4.78 is 36.4. The third-order valence-electron chi connectivity index (χ3n) is 5.47. The van der Waals surface area contributed by atoms with E-state index in [1.54, 1.807) is 0 Å². The summed E-state index contributed by atoms with van der Waals surface area (Å²) in [7, 11) is -2.61. The van der Waals surface area contributed by atoms with Gasteiger partial charge in [0.05, 0.1) is 4.90 Å². The molecule has 0 unspecified atom stereocenters. The first-order chi connectivity index (χ1) is 14.0. The number of nitrogens with zero attached hydrogens (tertiary/aromatic N) is 1. The quantitative estimate of drug-likeness (QED) is 0.552. The highest BCUT2D eigenvalue weighted by atomic mass is 35.5. The molecule has 1 saturated carbocycles. The second kappa shape index (κ2) is 10.6. The van der Waals surface area contributed by atoms with Crippen LogP contribution in [0, 0.1) is 17.8 Å². The van der Waals surface area contributed by atoms with E-state index in [1.807, 2.05) is 0 Å². The van der Waals surface area contributed by atoms with Crippen molar-refractivity contribution in [3.05, 3.63) is 29.3 Å². The number of likely N-dealkylation sites (N-methyl/N-ethyl adjacent to an activating group) is 1. The molecule has 0 heterocycles. The van der Waals surface area contributed by atoms with Crippen LogP contribution >= 0.6 is 11.6 Å². The molecule has 0 bridgehead atoms. The van der Waals surface area contributed by atoms with Gasteiger partial charge in [0.2, 0.25) is 10.0 Å². The van der Waals surface area contributed by atoms with Crippen LogP contribution in [0.15, 0.2) is 29.2 Å². The Kier molecular flexibility index (Phi) is 8.70. The van der Waals surface area contributed by atoms with E-state index in [0.29, 0.717) is 16.9 Å². The fraction of sp³-hybridized carbons (Fsp3) is 0.619. The van der Waals surface area contributed by atoms with Gasteiger partial charge in [-0.25, -0.2) is 13.2 Å². The van der Waals surface area contributed by atoms with Crippen LogP contribution in [-0.2, 0) is 29.1 Å². The van der Waals surface area contributed by atoms with Crippen molar-refractivity contribution >= 4 is 33.6 Å². The standard InChI is InChI=1S/C21H30ClNO6S/c1-14(2)18-10-5-15(3)11-19(18)29-21(25)13-28-20(24)12-23(4)30(26,27)17-8-6-16(22)7-9-17/h6-9,14-15,18-19H,5,10-13H2,1-4H3/t15-,18-,19+/m0/s1. The third kappa shape index (κ3) is 6.68. The molecular formula is C21H30ClNO6S. The molecule has 0 saturated heterocycles. The largest absolute Gasteiger partial charge is 0.460 e. The molecule has 1 aromatic rings. The van der Waals surface area contributed by atoms with E-state index in [4.69, 9.17) is 21.1 Å². The van der Waals surface area contributed by atoms with Gasteiger partial charge in [-0.2, -0.15) is 4.31 Å². The minimum absolute atomic E-state index is 0.00718. The van der Waals surface area contributed by atoms with Crippen LogP contribution in [-0.4, -0.2) is 51.0 Å². The lowest BCUT2D eigenvalue weighted by Gasteiger charge is -2.36. The van der Waals surface area contributed by atoms with Crippen LogP contribution in [0.25, 0.3) is 0 Å². The molecule has 1 fully saturated rings. The Morgan fingerprint density at radius 1 is 1.17 bits per heavy atom. The van der Waals surface area contributed by atoms with Gasteiger partial charge >= 0.3 is 11.9 Å². The van der Waals surface area contributed by atoms with Gasteiger partial charge in [-0.3, -0.25) is 4.79 Å². The van der Waals surface area contributed by atoms with Gasteiger partial charge in [-0.1, -0.05) is 38.8 Å². The number of hydrogen-bond donors (Lipinski definition) is 0. The maximum absolute atomic E-state index is 12.5. The summed E-state index contributed by atoms with van der Waals surface area (Å²) in [4.78, 5) is 24.2. The summed E-state index contributed by atoms with van der Waals surface area (Å²) in [6.45, 7) is 5.29. The number of halogens is 1. The monoisotopic (exact) mass is 459 g/mol. The lowest BCUT2D eigenvalue weighted by Crippen LogP contribution is -2.37. The number of esters is 2. The van der Waals surface area contributed by atoms with Crippen molar-refractivity contribution in [1.82, 2.24) is 4.31 Å². The number of sulfonamides is 1. The number of hydrogen-bond acceptors (Lipinski definition) is 6. The van der Waals surface area contributed by atoms with Gasteiger partial charge in [0, 0.05) is 12.1 Å². The molecule has 0 spiro atoms. The van der Waals surface area contributed by atoms with Gasteiger partial charge in [0.25, 0.3) is 0 Å². The molecule has 3 atom stereocenters. The molecule has 0 amide bonds. The summed E-state index contributed by atoms with van der Waals surface area (Å²) in [6, 6.07) is 5.61. The molecule has 1 aliphatic carbocycles. The first-order valence-electron chi connectivity index (χ1n) is 10.1. The van der Waals surface area contributed by atoms with E-state index in [-0.39, 0.29) is 16.9 Å². The van der Waals surface area contributed by atoms with Crippen LogP contribution in [0.1, 0.15) is 40.0 Å². The van der Waals surface area contributed by atoms with Gasteiger partial charge < -0.3 is 9.47 Å². The van der Waals surface area contributed by atoms with Crippen LogP contribution in [0.4, 0.5) is 0 Å². The van der Waals surface area contributed by atoms with Gasteiger partial charge in [0.1, 0.15) is 12.6 Å². The Hall–Kier alpha value is -1.64. The average molecular weight is 460 g/mol. The van der Waals surface area contributed by atoms with E-state index >= 15 is 0 Å². The minimum atomic E-state index is -3.88. The Morgan fingerprint density at radius 2 is 1.80 bits per heavy atom. The lowest BCUT2D eigenvalue weighted by atomic mass is 9.75. The van der Waals surface area contributed by atoms with Crippen molar-refractivity contribution in [3.8, 4) is 0 Å². The highest BCUT2D eigenvalue weighted by molar-refractivity contribution is 7.89. The summed E-state index contributed by atoms with van der Waals surface area (Å²) in [5.74, 6) is -0.283. The molecule has 1 aliphatic rings. The molecule has 1 aromatic carbocycles. The third-order valence-corrected chi connectivity index (χ3v) is 7.54. The lowest BCUT2D eigenvalue weighted by molar-refractivity contribution is -0.167. The molecule has 7 nitrogen and oxygen atoms in total. The number of rotatable bonds is 8. The van der Waals surface area contributed by atoms with Crippen molar-refractivity contribution in [2.45, 2.75) is 51.0 Å². The maximum atomic E-state index is 12.5. The Labute approximate surface area is 183 Å². The van der Waals surface area contributed by atoms with E-state index < -0.39 is 35.1 Å². The Morgan fingerprint density at radius 3 is 2.40 bits per heavy atom. The number of benzene rings is 1. The highest BCUT2D eigenvalue weighted by Crippen LogP contribution is 2.35. The van der Waals surface area contributed by atoms with Crippen LogP contribution in [0.2, 0.25) is 5.02 Å². The fourth-order valence-corrected chi connectivity index (χ4v) is 4.93. The minimum Gasteiger partial charge on any atom is -0.460 e. The molecule has 9 heteroatoms. The average Bonchev–Trinajstić information content (AvgIpc) is 2.66. The van der Waals surface area contributed by atoms with E-state index in [0.717, 1.165) is 23.6 Å². The molecule has 2 rings (SSSR count). The van der Waals surface area contributed by atoms with Gasteiger partial charge in [-0.05, 0) is 54.9 Å². The van der Waals surface area contributed by atoms with E-state index in [2.05, 4.69) is 20.8 Å². The second-order valence-electron chi connectivity index (χ2n) is 8.23. The predicted molar refractivity (Wildman–Crippen MR) is 113 cm³/mol. The fourth-order valence-electron chi connectivity index (χ4n) is 3.69. The number of ether oxygens (including phenoxy) is 2. The number of carbonyl (C=O) groups excluding carboxylic acids is 2. The van der Waals surface area contributed by atoms with Crippen molar-refractivity contribution in [2.24, 2.45) is 17.8 Å². The van der Waals surface area contributed by atoms with Crippen LogP contribution < -0.4 is 0 Å². The van der Waals surface area contributed by atoms with Crippen molar-refractivity contribution in [2.75, 3.05) is 20.2 Å². The highest BCUT2D eigenvalue weighted by Gasteiger charge is 2.33.